The second-order valence-corrected chi connectivity index (χ2v) is 12.8. The monoisotopic (exact) mass is 578 g/mol. The summed E-state index contributed by atoms with van der Waals surface area (Å²) in [6.07, 6.45) is 6.46. The number of nitrogens with zero attached hydrogens (tertiary/aromatic N) is 6. The van der Waals surface area contributed by atoms with Crippen LogP contribution < -0.4 is 10.2 Å². The number of hydrogen-bond donors (Lipinski definition) is 2. The molecule has 218 valence electrons. The van der Waals surface area contributed by atoms with Crippen molar-refractivity contribution in [2.24, 2.45) is 0 Å². The van der Waals surface area contributed by atoms with Crippen LogP contribution in [0.4, 0.5) is 29.5 Å². The summed E-state index contributed by atoms with van der Waals surface area (Å²) < 4.78 is 51.8. The molecule has 3 aromatic rings. The van der Waals surface area contributed by atoms with Gasteiger partial charge in [0.25, 0.3) is 5.92 Å². The first-order valence-corrected chi connectivity index (χ1v) is 14.3. The number of carbonyl (C=O) groups is 1. The van der Waals surface area contributed by atoms with Gasteiger partial charge in [-0.1, -0.05) is 0 Å². The number of nitrogens with one attached hydrogen (secondary N) is 2. The normalized spacial score (nSPS) is 22.9. The number of aromatic nitrogens is 5. The van der Waals surface area contributed by atoms with Crippen LogP contribution in [0.1, 0.15) is 52.4 Å². The molecule has 2 aliphatic carbocycles. The third-order valence-electron chi connectivity index (χ3n) is 8.70. The molecule has 0 aromatic carbocycles. The fraction of sp³-hybridized carbons (Fsp3) is 0.630. The number of ether oxygens (including phenoxy) is 1. The van der Waals surface area contributed by atoms with Gasteiger partial charge in [0.05, 0.1) is 62.9 Å². The van der Waals surface area contributed by atoms with E-state index in [1.54, 1.807) is 16.9 Å². The Morgan fingerprint density at radius 3 is 2.55 bits per heavy atom. The smallest absolute Gasteiger partial charge is 0.321 e. The number of hydrogen-bond acceptors (Lipinski definition) is 6. The van der Waals surface area contributed by atoms with Crippen molar-refractivity contribution in [3.05, 3.63) is 18.5 Å². The Morgan fingerprint density at radius 2 is 1.88 bits per heavy atom. The van der Waals surface area contributed by atoms with E-state index in [4.69, 9.17) is 25.5 Å². The average Bonchev–Trinajstić information content (AvgIpc) is 3.78. The van der Waals surface area contributed by atoms with E-state index in [9.17, 15) is 18.0 Å². The van der Waals surface area contributed by atoms with Crippen LogP contribution in [0.5, 0.6) is 0 Å². The summed E-state index contributed by atoms with van der Waals surface area (Å²) in [6, 6.07) is 0.902. The van der Waals surface area contributed by atoms with Gasteiger partial charge in [-0.2, -0.15) is 10.2 Å². The van der Waals surface area contributed by atoms with Gasteiger partial charge in [0.15, 0.2) is 5.82 Å². The van der Waals surface area contributed by atoms with E-state index in [0.717, 1.165) is 23.1 Å². The largest absolute Gasteiger partial charge is 0.371 e. The lowest BCUT2D eigenvalue weighted by molar-refractivity contribution is -0.107. The van der Waals surface area contributed by atoms with Gasteiger partial charge in [0.1, 0.15) is 11.4 Å². The van der Waals surface area contributed by atoms with E-state index < -0.39 is 34.9 Å². The van der Waals surface area contributed by atoms with E-state index >= 15 is 0 Å². The summed E-state index contributed by atoms with van der Waals surface area (Å²) in [5.74, 6) is -2.75. The molecule has 7 rings (SSSR count). The number of H-pyrrole nitrogens is 1. The molecular weight excluding hydrogens is 547 g/mol. The predicted octanol–water partition coefficient (Wildman–Crippen LogP) is 3.72. The van der Waals surface area contributed by atoms with Crippen molar-refractivity contribution in [3.63, 3.8) is 0 Å². The fourth-order valence-corrected chi connectivity index (χ4v) is 6.08. The van der Waals surface area contributed by atoms with Crippen molar-refractivity contribution in [2.45, 2.75) is 93.6 Å². The lowest BCUT2D eigenvalue weighted by atomic mass is 9.53. The number of halogens is 3. The minimum absolute atomic E-state index is 0.00963. The number of urea groups is 1. The molecule has 4 fully saturated rings. The summed E-state index contributed by atoms with van der Waals surface area (Å²) in [4.78, 5) is 21.0. The Labute approximate surface area is 243 Å². The number of carbonyl (C=O) groups excluding carboxylic acids is 1. The molecular formula is C27H31B2F3N8O2. The van der Waals surface area contributed by atoms with Gasteiger partial charge in [-0.15, -0.1) is 0 Å². The fourth-order valence-electron chi connectivity index (χ4n) is 6.08. The van der Waals surface area contributed by atoms with E-state index in [1.165, 1.54) is 20.0 Å². The molecule has 3 aromatic heterocycles. The number of rotatable bonds is 7. The third-order valence-corrected chi connectivity index (χ3v) is 8.70. The number of piperidine rings is 1. The molecule has 10 nitrogen and oxygen atoms in total. The van der Waals surface area contributed by atoms with Crippen molar-refractivity contribution < 1.29 is 22.7 Å². The van der Waals surface area contributed by atoms with Crippen LogP contribution in [0.25, 0.3) is 22.3 Å². The molecule has 4 aliphatic rings. The topological polar surface area (TPSA) is 104 Å². The lowest BCUT2D eigenvalue weighted by Crippen LogP contribution is -2.71. The van der Waals surface area contributed by atoms with Gasteiger partial charge in [-0.25, -0.2) is 18.0 Å². The van der Waals surface area contributed by atoms with Crippen LogP contribution in [0.2, 0.25) is 0 Å². The number of aromatic amines is 1. The Balaban J connectivity index is 1.18. The second-order valence-electron chi connectivity index (χ2n) is 12.8. The van der Waals surface area contributed by atoms with Gasteiger partial charge >= 0.3 is 6.03 Å². The number of likely N-dealkylation sites (tertiary alicyclic amines) is 1. The molecule has 2 saturated carbocycles. The standard InChI is InChI=1S/C27H31B2F3N8O2/c1-24(2,30)14-39-20-9-18(33-10-17(20)22(37-39)38-12-16(13-38)42-15-3-4-15)21-19(11-34-36-21)35-23(41)40-25(5-6-25)7-8-26(31,32)27(40,28)29/h9-11,15-16H,3-8,12-14H2,1-2H3,(H,34,36)(H,35,41). The maximum absolute atomic E-state index is 14.8. The molecule has 2 saturated heterocycles. The van der Waals surface area contributed by atoms with E-state index in [2.05, 4.69) is 25.4 Å². The molecule has 0 atom stereocenters. The van der Waals surface area contributed by atoms with Crippen LogP contribution in [0.15, 0.2) is 18.5 Å². The highest BCUT2D eigenvalue weighted by atomic mass is 19.3. The molecule has 2 amide bonds. The van der Waals surface area contributed by atoms with Crippen LogP contribution in [-0.4, -0.2) is 99.4 Å². The van der Waals surface area contributed by atoms with Crippen LogP contribution in [0.3, 0.4) is 0 Å². The van der Waals surface area contributed by atoms with Gasteiger partial charge in [-0.3, -0.25) is 14.8 Å². The summed E-state index contributed by atoms with van der Waals surface area (Å²) in [5.41, 5.74) is -0.727. The number of amides is 2. The molecule has 5 heterocycles. The van der Waals surface area contributed by atoms with Crippen molar-refractivity contribution in [1.29, 1.82) is 0 Å². The summed E-state index contributed by atoms with van der Waals surface area (Å²) in [5, 5.41) is 12.4. The molecule has 2 aliphatic heterocycles. The maximum Gasteiger partial charge on any atom is 0.321 e. The Hall–Kier alpha value is -3.22. The average molecular weight is 578 g/mol. The zero-order valence-electron chi connectivity index (χ0n) is 23.5. The van der Waals surface area contributed by atoms with E-state index in [1.807, 2.05) is 0 Å². The van der Waals surface area contributed by atoms with Crippen molar-refractivity contribution in [1.82, 2.24) is 29.9 Å². The van der Waals surface area contributed by atoms with Crippen LogP contribution in [-0.2, 0) is 11.3 Å². The number of alkyl halides is 3. The maximum atomic E-state index is 14.8. The molecule has 15 heteroatoms. The van der Waals surface area contributed by atoms with Crippen LogP contribution in [0, 0.1) is 0 Å². The number of fused-ring (bicyclic) bond motifs is 1. The summed E-state index contributed by atoms with van der Waals surface area (Å²) >= 11 is 0. The first-order chi connectivity index (χ1) is 19.8. The van der Waals surface area contributed by atoms with Crippen molar-refractivity contribution in [2.75, 3.05) is 23.3 Å². The van der Waals surface area contributed by atoms with Crippen LogP contribution >= 0.6 is 0 Å². The van der Waals surface area contributed by atoms with Gasteiger partial charge < -0.3 is 19.9 Å². The van der Waals surface area contributed by atoms with E-state index in [-0.39, 0.29) is 24.8 Å². The quantitative estimate of drug-likeness (QED) is 0.415. The summed E-state index contributed by atoms with van der Waals surface area (Å²) in [6.45, 7) is 4.37. The molecule has 2 N–H and O–H groups in total. The van der Waals surface area contributed by atoms with Gasteiger partial charge in [-0.05, 0) is 52.0 Å². The van der Waals surface area contributed by atoms with Crippen molar-refractivity contribution >= 4 is 44.1 Å². The van der Waals surface area contributed by atoms with Gasteiger partial charge in [0.2, 0.25) is 0 Å². The number of anilines is 2. The Bertz CT molecular complexity index is 1540. The lowest BCUT2D eigenvalue weighted by Gasteiger charge is -2.53. The first-order valence-electron chi connectivity index (χ1n) is 14.3. The third kappa shape index (κ3) is 4.64. The summed E-state index contributed by atoms with van der Waals surface area (Å²) in [7, 11) is 11.8. The first kappa shape index (κ1) is 27.6. The predicted molar refractivity (Wildman–Crippen MR) is 152 cm³/mol. The molecule has 0 unspecified atom stereocenters. The van der Waals surface area contributed by atoms with Gasteiger partial charge in [0, 0.05) is 36.6 Å². The zero-order chi connectivity index (χ0) is 29.7. The highest BCUT2D eigenvalue weighted by Crippen LogP contribution is 2.56. The minimum Gasteiger partial charge on any atom is -0.371 e. The Morgan fingerprint density at radius 1 is 1.17 bits per heavy atom. The highest BCUT2D eigenvalue weighted by molar-refractivity contribution is 6.42. The molecule has 42 heavy (non-hydrogen) atoms. The molecule has 1 spiro atoms. The van der Waals surface area contributed by atoms with E-state index in [0.29, 0.717) is 54.8 Å². The molecule has 4 radical (unpaired) electrons. The number of pyridine rings is 1. The highest BCUT2D eigenvalue weighted by Gasteiger charge is 2.65. The second kappa shape index (κ2) is 9.14. The minimum atomic E-state index is -3.45. The molecule has 0 bridgehead atoms. The van der Waals surface area contributed by atoms with Crippen molar-refractivity contribution in [3.8, 4) is 11.4 Å². The zero-order valence-corrected chi connectivity index (χ0v) is 23.5. The Kier molecular flexibility index (Phi) is 6.01. The SMILES string of the molecule is [B]C1([B])N(C(=O)Nc2cn[nH]c2-c2cc3c(cn2)c(N2CC(OC4CC4)C2)nn3CC(C)(C)F)C2(CC2)CCC1(F)F.